The Morgan fingerprint density at radius 2 is 1.25 bits per heavy atom. The topological polar surface area (TPSA) is 46.1 Å². The van der Waals surface area contributed by atoms with E-state index in [1.165, 1.54) is 0 Å². The molecule has 0 unspecified atom stereocenters. The summed E-state index contributed by atoms with van der Waals surface area (Å²) >= 11 is -1.91. The standard InChI is InChI=1S/Hg.IO2/c;2-1-3/q+1;-1. The van der Waals surface area contributed by atoms with Crippen molar-refractivity contribution in [1.82, 2.24) is 0 Å². The van der Waals surface area contributed by atoms with Gasteiger partial charge in [-0.3, -0.25) is 0 Å². The smallest absolute Gasteiger partial charge is 0.599 e. The number of halogens is 1. The van der Waals surface area contributed by atoms with Crippen molar-refractivity contribution in [3.05, 3.63) is 0 Å². The molecule has 0 saturated heterocycles. The van der Waals surface area contributed by atoms with E-state index in [9.17, 15) is 0 Å². The van der Waals surface area contributed by atoms with Crippen molar-refractivity contribution in [2.75, 3.05) is 0 Å². The normalized spacial score (nSPS) is 4.50. The van der Waals surface area contributed by atoms with Gasteiger partial charge in [0.25, 0.3) is 0 Å². The van der Waals surface area contributed by atoms with Gasteiger partial charge in [0.15, 0.2) is 22.0 Å². The number of hydrogen-bond acceptors (Lipinski definition) is 2. The minimum absolute atomic E-state index is 0. The van der Waals surface area contributed by atoms with Gasteiger partial charge in [-0.1, -0.05) is 0 Å². The quantitative estimate of drug-likeness (QED) is 0.320. The average molecular weight is 359 g/mol. The van der Waals surface area contributed by atoms with E-state index < -0.39 is 22.0 Å². The Kier molecular flexibility index (Phi) is 20.1. The summed E-state index contributed by atoms with van der Waals surface area (Å²) in [6.45, 7) is 0. The van der Waals surface area contributed by atoms with Crippen molar-refractivity contribution >= 4 is 0 Å². The zero-order valence-corrected chi connectivity index (χ0v) is 9.56. The summed E-state index contributed by atoms with van der Waals surface area (Å²) in [5.41, 5.74) is 0. The summed E-state index contributed by atoms with van der Waals surface area (Å²) in [4.78, 5) is 0. The second-order valence-electron chi connectivity index (χ2n) is 0.0630. The third kappa shape index (κ3) is 9.54. The van der Waals surface area contributed by atoms with Gasteiger partial charge in [0, 0.05) is 0 Å². The first-order valence-corrected chi connectivity index (χ1v) is 2.07. The summed E-state index contributed by atoms with van der Waals surface area (Å²) in [5, 5.41) is 0. The molecule has 4 heavy (non-hydrogen) atoms. The summed E-state index contributed by atoms with van der Waals surface area (Å²) in [5.74, 6) is 0. The Morgan fingerprint density at radius 1 is 1.25 bits per heavy atom. The third-order valence-electron chi connectivity index (χ3n) is 0. The Morgan fingerprint density at radius 3 is 1.25 bits per heavy atom. The first-order valence-electron chi connectivity index (χ1n) is 0.309. The monoisotopic (exact) mass is 361 g/mol. The molecule has 4 heteroatoms. The molecule has 0 aromatic heterocycles. The zero-order chi connectivity index (χ0) is 2.71. The van der Waals surface area contributed by atoms with Crippen LogP contribution in [0.3, 0.4) is 0 Å². The minimum Gasteiger partial charge on any atom is -0.599 e. The zero-order valence-electron chi connectivity index (χ0n) is 1.90. The number of hydrogen-bond donors (Lipinski definition) is 0. The van der Waals surface area contributed by atoms with Gasteiger partial charge >= 0.3 is 27.7 Å². The fourth-order valence-corrected chi connectivity index (χ4v) is 0. The van der Waals surface area contributed by atoms with Crippen LogP contribution in [0.1, 0.15) is 0 Å². The molecule has 0 aromatic rings. The molecule has 0 bridgehead atoms. The summed E-state index contributed by atoms with van der Waals surface area (Å²) in [6, 6.07) is 0. The van der Waals surface area contributed by atoms with E-state index in [-0.39, 0.29) is 27.7 Å². The fourth-order valence-electron chi connectivity index (χ4n) is 0. The Hall–Kier alpha value is 1.59. The molecule has 0 aliphatic rings. The van der Waals surface area contributed by atoms with Crippen molar-refractivity contribution < 1.29 is 56.6 Å². The van der Waals surface area contributed by atoms with Gasteiger partial charge in [-0.15, -0.1) is 0 Å². The second kappa shape index (κ2) is 8.82. The van der Waals surface area contributed by atoms with Gasteiger partial charge in [-0.05, 0) is 0 Å². The van der Waals surface area contributed by atoms with Crippen molar-refractivity contribution in [3.8, 4) is 0 Å². The molecular formula is HgIO2. The van der Waals surface area contributed by atoms with Crippen molar-refractivity contribution in [2.24, 2.45) is 0 Å². The number of rotatable bonds is 0. The van der Waals surface area contributed by atoms with Crippen LogP contribution >= 0.6 is 0 Å². The second-order valence-corrected chi connectivity index (χ2v) is 0.423. The largest absolute Gasteiger partial charge is 1.00 e. The molecule has 0 aliphatic carbocycles. The molecule has 0 rings (SSSR count). The Labute approximate surface area is 56.1 Å². The maximum Gasteiger partial charge on any atom is 1.00 e. The summed E-state index contributed by atoms with van der Waals surface area (Å²) in [7, 11) is 0. The van der Waals surface area contributed by atoms with E-state index in [0.29, 0.717) is 0 Å². The molecule has 0 saturated carbocycles. The van der Waals surface area contributed by atoms with E-state index in [2.05, 4.69) is 0 Å². The average Bonchev–Trinajstić information content (AvgIpc) is 0.918. The molecule has 21 valence electrons. The molecule has 0 heterocycles. The van der Waals surface area contributed by atoms with Crippen molar-refractivity contribution in [3.63, 3.8) is 0 Å². The maximum absolute atomic E-state index is 8.48. The van der Waals surface area contributed by atoms with Crippen LogP contribution < -0.4 is 28.9 Å². The predicted octanol–water partition coefficient (Wildman–Crippen LogP) is -5.38. The van der Waals surface area contributed by atoms with Gasteiger partial charge < -0.3 is 6.87 Å². The van der Waals surface area contributed by atoms with Crippen LogP contribution in [0.2, 0.25) is 0 Å². The molecule has 0 aromatic carbocycles. The maximum atomic E-state index is 8.48. The summed E-state index contributed by atoms with van der Waals surface area (Å²) in [6.07, 6.45) is 0. The van der Waals surface area contributed by atoms with E-state index in [4.69, 9.17) is 6.87 Å². The summed E-state index contributed by atoms with van der Waals surface area (Å²) < 4.78 is 17.0. The Balaban J connectivity index is 0. The Bertz CT molecular complexity index is 6.00. The van der Waals surface area contributed by atoms with Crippen LogP contribution in [0.4, 0.5) is 0 Å². The van der Waals surface area contributed by atoms with E-state index in [1.807, 2.05) is 0 Å². The van der Waals surface area contributed by atoms with Gasteiger partial charge in [-0.25, -0.2) is 0 Å². The molecule has 1 radical (unpaired) electrons. The van der Waals surface area contributed by atoms with E-state index in [0.717, 1.165) is 0 Å². The van der Waals surface area contributed by atoms with Crippen molar-refractivity contribution in [2.45, 2.75) is 0 Å². The fraction of sp³-hybridized carbons (Fsp3) is 0. The molecule has 0 spiro atoms. The van der Waals surface area contributed by atoms with Crippen LogP contribution in [0.5, 0.6) is 0 Å². The molecule has 0 N–H and O–H groups in total. The van der Waals surface area contributed by atoms with Gasteiger partial charge in [-0.2, -0.15) is 0 Å². The molecule has 0 aliphatic heterocycles. The molecule has 2 nitrogen and oxygen atoms in total. The van der Waals surface area contributed by atoms with Crippen LogP contribution in [0.15, 0.2) is 0 Å². The van der Waals surface area contributed by atoms with Crippen molar-refractivity contribution in [1.29, 1.82) is 0 Å². The molecular weight excluding hydrogens is 359 g/mol. The van der Waals surface area contributed by atoms with Gasteiger partial charge in [0.2, 0.25) is 0 Å². The van der Waals surface area contributed by atoms with Gasteiger partial charge in [0.05, 0.1) is 0 Å². The minimum atomic E-state index is -1.91. The SMILES string of the molecule is [Hg+].[O-][I+][O-]. The van der Waals surface area contributed by atoms with Crippen LogP contribution in [-0.2, 0) is 27.7 Å². The van der Waals surface area contributed by atoms with Crippen LogP contribution in [-0.4, -0.2) is 0 Å². The first kappa shape index (κ1) is 9.14. The van der Waals surface area contributed by atoms with E-state index >= 15 is 0 Å². The predicted molar refractivity (Wildman–Crippen MR) is 0 cm³/mol. The molecule has 0 amide bonds. The first-order chi connectivity index (χ1) is 1.41. The third-order valence-corrected chi connectivity index (χ3v) is 0. The van der Waals surface area contributed by atoms with E-state index in [1.54, 1.807) is 0 Å². The van der Waals surface area contributed by atoms with Crippen LogP contribution in [0, 0.1) is 0 Å². The molecule has 0 atom stereocenters. The van der Waals surface area contributed by atoms with Gasteiger partial charge in [0.1, 0.15) is 0 Å². The molecule has 0 fully saturated rings. The van der Waals surface area contributed by atoms with Crippen LogP contribution in [0.25, 0.3) is 0 Å².